The van der Waals surface area contributed by atoms with Crippen LogP contribution in [0.25, 0.3) is 0 Å². The first-order valence-electron chi connectivity index (χ1n) is 10.9. The molecule has 0 bridgehead atoms. The smallest absolute Gasteiger partial charge is 0.292 e. The van der Waals surface area contributed by atoms with Gasteiger partial charge in [-0.3, -0.25) is 9.59 Å². The molecular weight excluding hydrogens is 418 g/mol. The Morgan fingerprint density at radius 2 is 1.27 bits per heavy atom. The molecule has 0 aliphatic carbocycles. The molecule has 1 fully saturated rings. The summed E-state index contributed by atoms with van der Waals surface area (Å²) in [6.45, 7) is 1.70. The Labute approximate surface area is 191 Å². The zero-order valence-corrected chi connectivity index (χ0v) is 18.0. The van der Waals surface area contributed by atoms with Crippen molar-refractivity contribution >= 4 is 11.8 Å². The molecule has 2 aromatic carbocycles. The predicted molar refractivity (Wildman–Crippen MR) is 121 cm³/mol. The van der Waals surface area contributed by atoms with Gasteiger partial charge in [0.15, 0.2) is 5.76 Å². The van der Waals surface area contributed by atoms with E-state index in [-0.39, 0.29) is 23.5 Å². The van der Waals surface area contributed by atoms with Gasteiger partial charge in [-0.05, 0) is 23.3 Å². The van der Waals surface area contributed by atoms with Crippen LogP contribution in [0.5, 0.6) is 0 Å². The van der Waals surface area contributed by atoms with Crippen LogP contribution >= 0.6 is 0 Å². The van der Waals surface area contributed by atoms with Crippen LogP contribution in [0.1, 0.15) is 43.8 Å². The third kappa shape index (κ3) is 4.30. The summed E-state index contributed by atoms with van der Waals surface area (Å²) in [7, 11) is 0. The van der Waals surface area contributed by atoms with E-state index in [1.54, 1.807) is 28.0 Å². The lowest BCUT2D eigenvalue weighted by molar-refractivity contribution is 0.0497. The third-order valence-corrected chi connectivity index (χ3v) is 5.89. The molecule has 1 saturated heterocycles. The van der Waals surface area contributed by atoms with E-state index in [1.165, 1.54) is 6.26 Å². The second kappa shape index (κ2) is 9.16. The van der Waals surface area contributed by atoms with Gasteiger partial charge in [0.2, 0.25) is 5.76 Å². The molecule has 0 atom stereocenters. The van der Waals surface area contributed by atoms with Gasteiger partial charge < -0.3 is 18.7 Å². The third-order valence-electron chi connectivity index (χ3n) is 5.89. The number of benzene rings is 2. The van der Waals surface area contributed by atoms with Crippen LogP contribution < -0.4 is 0 Å². The summed E-state index contributed by atoms with van der Waals surface area (Å²) in [5.74, 6) is -0.0167. The lowest BCUT2D eigenvalue weighted by atomic mass is 9.88. The number of piperazine rings is 1. The number of furan rings is 1. The van der Waals surface area contributed by atoms with Gasteiger partial charge in [-0.15, -0.1) is 0 Å². The van der Waals surface area contributed by atoms with Crippen molar-refractivity contribution in [3.8, 4) is 0 Å². The molecular formula is C26H23N3O4. The van der Waals surface area contributed by atoms with Gasteiger partial charge in [-0.1, -0.05) is 65.8 Å². The molecule has 3 heterocycles. The van der Waals surface area contributed by atoms with Gasteiger partial charge in [-0.25, -0.2) is 0 Å². The first kappa shape index (κ1) is 20.8. The summed E-state index contributed by atoms with van der Waals surface area (Å²) >= 11 is 0. The van der Waals surface area contributed by atoms with Crippen LogP contribution in [0, 0.1) is 0 Å². The maximum absolute atomic E-state index is 13.1. The highest BCUT2D eigenvalue weighted by Gasteiger charge is 2.29. The average molecular weight is 441 g/mol. The quantitative estimate of drug-likeness (QED) is 0.467. The summed E-state index contributed by atoms with van der Waals surface area (Å²) in [4.78, 5) is 28.9. The van der Waals surface area contributed by atoms with E-state index in [1.807, 2.05) is 60.7 Å². The molecule has 7 heteroatoms. The zero-order chi connectivity index (χ0) is 22.6. The van der Waals surface area contributed by atoms with Gasteiger partial charge in [-0.2, -0.15) is 0 Å². The van der Waals surface area contributed by atoms with Crippen molar-refractivity contribution in [2.45, 2.75) is 5.92 Å². The average Bonchev–Trinajstić information content (AvgIpc) is 3.58. The maximum Gasteiger partial charge on any atom is 0.292 e. The Bertz CT molecular complexity index is 1170. The fourth-order valence-corrected chi connectivity index (χ4v) is 4.18. The SMILES string of the molecule is O=C(c1ccco1)N1CCN(C(=O)c2cc(C(c3ccccc3)c3ccccc3)no2)CC1. The number of carbonyl (C=O) groups is 2. The number of aromatic nitrogens is 1. The van der Waals surface area contributed by atoms with Gasteiger partial charge in [0.25, 0.3) is 11.8 Å². The molecule has 5 rings (SSSR count). The van der Waals surface area contributed by atoms with Crippen LogP contribution in [0.15, 0.2) is 94.1 Å². The van der Waals surface area contributed by atoms with Crippen LogP contribution in [-0.4, -0.2) is 52.9 Å². The Morgan fingerprint density at radius 1 is 0.727 bits per heavy atom. The highest BCUT2D eigenvalue weighted by Crippen LogP contribution is 2.31. The number of hydrogen-bond acceptors (Lipinski definition) is 5. The van der Waals surface area contributed by atoms with Crippen LogP contribution in [0.4, 0.5) is 0 Å². The second-order valence-corrected chi connectivity index (χ2v) is 7.93. The summed E-state index contributed by atoms with van der Waals surface area (Å²) < 4.78 is 10.7. The van der Waals surface area contributed by atoms with E-state index >= 15 is 0 Å². The molecule has 7 nitrogen and oxygen atoms in total. The number of carbonyl (C=O) groups excluding carboxylic acids is 2. The monoisotopic (exact) mass is 441 g/mol. The molecule has 0 radical (unpaired) electrons. The molecule has 33 heavy (non-hydrogen) atoms. The summed E-state index contributed by atoms with van der Waals surface area (Å²) in [6, 6.07) is 25.1. The Morgan fingerprint density at radius 3 is 1.79 bits per heavy atom. The molecule has 0 N–H and O–H groups in total. The zero-order valence-electron chi connectivity index (χ0n) is 18.0. The maximum atomic E-state index is 13.1. The highest BCUT2D eigenvalue weighted by molar-refractivity contribution is 5.93. The second-order valence-electron chi connectivity index (χ2n) is 7.93. The van der Waals surface area contributed by atoms with E-state index in [4.69, 9.17) is 8.94 Å². The molecule has 1 aliphatic rings. The summed E-state index contributed by atoms with van der Waals surface area (Å²) in [5, 5.41) is 4.26. The molecule has 1 aliphatic heterocycles. The van der Waals surface area contributed by atoms with Gasteiger partial charge in [0.1, 0.15) is 0 Å². The summed E-state index contributed by atoms with van der Waals surface area (Å²) in [5.41, 5.74) is 2.82. The minimum Gasteiger partial charge on any atom is -0.459 e. The van der Waals surface area contributed by atoms with E-state index < -0.39 is 0 Å². The molecule has 0 saturated carbocycles. The molecule has 4 aromatic rings. The Kier molecular flexibility index (Phi) is 5.76. The number of nitrogens with zero attached hydrogens (tertiary/aromatic N) is 3. The number of amides is 2. The van der Waals surface area contributed by atoms with Crippen molar-refractivity contribution in [2.24, 2.45) is 0 Å². The number of rotatable bonds is 5. The van der Waals surface area contributed by atoms with Gasteiger partial charge in [0.05, 0.1) is 17.9 Å². The van der Waals surface area contributed by atoms with Crippen LogP contribution in [0.2, 0.25) is 0 Å². The topological polar surface area (TPSA) is 79.8 Å². The van der Waals surface area contributed by atoms with E-state index in [0.717, 1.165) is 11.1 Å². The van der Waals surface area contributed by atoms with Crippen molar-refractivity contribution in [2.75, 3.05) is 26.2 Å². The molecule has 0 spiro atoms. The van der Waals surface area contributed by atoms with Crippen molar-refractivity contribution in [1.82, 2.24) is 15.0 Å². The largest absolute Gasteiger partial charge is 0.459 e. The predicted octanol–water partition coefficient (Wildman–Crippen LogP) is 4.05. The first-order chi connectivity index (χ1) is 16.2. The lowest BCUT2D eigenvalue weighted by Gasteiger charge is -2.33. The normalized spacial score (nSPS) is 14.0. The number of hydrogen-bond donors (Lipinski definition) is 0. The van der Waals surface area contributed by atoms with Crippen molar-refractivity contribution in [1.29, 1.82) is 0 Å². The van der Waals surface area contributed by atoms with E-state index in [0.29, 0.717) is 37.6 Å². The van der Waals surface area contributed by atoms with Crippen LogP contribution in [-0.2, 0) is 0 Å². The Balaban J connectivity index is 1.32. The van der Waals surface area contributed by atoms with Crippen molar-refractivity contribution in [3.63, 3.8) is 0 Å². The fraction of sp³-hybridized carbons (Fsp3) is 0.192. The van der Waals surface area contributed by atoms with Crippen molar-refractivity contribution < 1.29 is 18.5 Å². The molecule has 2 amide bonds. The van der Waals surface area contributed by atoms with E-state index in [2.05, 4.69) is 5.16 Å². The van der Waals surface area contributed by atoms with Gasteiger partial charge in [0, 0.05) is 32.2 Å². The Hall–Kier alpha value is -4.13. The van der Waals surface area contributed by atoms with Crippen LogP contribution in [0.3, 0.4) is 0 Å². The summed E-state index contributed by atoms with van der Waals surface area (Å²) in [6.07, 6.45) is 1.48. The van der Waals surface area contributed by atoms with Crippen molar-refractivity contribution in [3.05, 3.63) is 113 Å². The molecule has 2 aromatic heterocycles. The molecule has 0 unspecified atom stereocenters. The highest BCUT2D eigenvalue weighted by atomic mass is 16.5. The lowest BCUT2D eigenvalue weighted by Crippen LogP contribution is -2.50. The van der Waals surface area contributed by atoms with E-state index in [9.17, 15) is 9.59 Å². The fourth-order valence-electron chi connectivity index (χ4n) is 4.18. The standard InChI is InChI=1S/C26H23N3O4/c30-25(22-12-7-17-32-22)28-13-15-29(16-14-28)26(31)23-18-21(27-33-23)24(19-8-3-1-4-9-19)20-10-5-2-6-11-20/h1-12,17-18,24H,13-16H2. The minimum atomic E-state index is -0.223. The molecule has 166 valence electrons. The minimum absolute atomic E-state index is 0.138. The first-order valence-corrected chi connectivity index (χ1v) is 10.9. The van der Waals surface area contributed by atoms with Gasteiger partial charge >= 0.3 is 0 Å².